The lowest BCUT2D eigenvalue weighted by molar-refractivity contribution is -0.275. The molecule has 3 N–H and O–H groups in total. The predicted octanol–water partition coefficient (Wildman–Crippen LogP) is 2.16. The van der Waals surface area contributed by atoms with E-state index < -0.39 is 42.0 Å². The minimum absolute atomic E-state index is 0.484. The standard InChI is InChI=1S/C8H6F6N2O2/c9-7(10,11)6-5(17)4(18-8(12,13)14)1-3(2-15)16-6/h1,17H,2,15H2. The van der Waals surface area contributed by atoms with E-state index in [0.29, 0.717) is 6.07 Å². The molecule has 0 fully saturated rings. The molecule has 102 valence electrons. The molecule has 0 spiro atoms. The summed E-state index contributed by atoms with van der Waals surface area (Å²) < 4.78 is 76.2. The third-order valence-electron chi connectivity index (χ3n) is 1.71. The van der Waals surface area contributed by atoms with Crippen molar-refractivity contribution >= 4 is 0 Å². The Morgan fingerprint density at radius 3 is 2.17 bits per heavy atom. The SMILES string of the molecule is NCc1cc(OC(F)(F)F)c(O)c(C(F)(F)F)n1. The maximum Gasteiger partial charge on any atom is 0.573 e. The molecular formula is C8H6F6N2O2. The fourth-order valence-corrected chi connectivity index (χ4v) is 1.07. The van der Waals surface area contributed by atoms with E-state index in [9.17, 15) is 26.3 Å². The van der Waals surface area contributed by atoms with Crippen molar-refractivity contribution in [3.8, 4) is 11.5 Å². The Bertz CT molecular complexity index is 442. The van der Waals surface area contributed by atoms with Crippen molar-refractivity contribution in [1.29, 1.82) is 0 Å². The Hall–Kier alpha value is -1.71. The number of ether oxygens (including phenoxy) is 1. The van der Waals surface area contributed by atoms with Crippen molar-refractivity contribution in [2.45, 2.75) is 19.1 Å². The minimum Gasteiger partial charge on any atom is -0.503 e. The highest BCUT2D eigenvalue weighted by atomic mass is 19.4. The molecule has 0 saturated heterocycles. The molecule has 0 aliphatic carbocycles. The lowest BCUT2D eigenvalue weighted by atomic mass is 10.2. The first-order valence-corrected chi connectivity index (χ1v) is 4.30. The molecule has 18 heavy (non-hydrogen) atoms. The summed E-state index contributed by atoms with van der Waals surface area (Å²) in [6, 6.07) is 0.484. The Morgan fingerprint density at radius 1 is 1.22 bits per heavy atom. The Labute approximate surface area is 96.0 Å². The number of rotatable bonds is 2. The molecular weight excluding hydrogens is 270 g/mol. The largest absolute Gasteiger partial charge is 0.573 e. The van der Waals surface area contributed by atoms with Crippen molar-refractivity contribution in [2.24, 2.45) is 5.73 Å². The molecule has 0 saturated carbocycles. The van der Waals surface area contributed by atoms with E-state index in [0.717, 1.165) is 0 Å². The monoisotopic (exact) mass is 276 g/mol. The zero-order valence-corrected chi connectivity index (χ0v) is 8.43. The van der Waals surface area contributed by atoms with Crippen molar-refractivity contribution in [3.63, 3.8) is 0 Å². The van der Waals surface area contributed by atoms with Gasteiger partial charge in [-0.2, -0.15) is 13.2 Å². The average molecular weight is 276 g/mol. The van der Waals surface area contributed by atoms with E-state index >= 15 is 0 Å². The molecule has 0 aromatic carbocycles. The Morgan fingerprint density at radius 2 is 1.78 bits per heavy atom. The summed E-state index contributed by atoms with van der Waals surface area (Å²) in [7, 11) is 0. The van der Waals surface area contributed by atoms with E-state index in [1.165, 1.54) is 0 Å². The molecule has 0 atom stereocenters. The first-order valence-electron chi connectivity index (χ1n) is 4.30. The van der Waals surface area contributed by atoms with Crippen molar-refractivity contribution in [2.75, 3.05) is 0 Å². The van der Waals surface area contributed by atoms with Gasteiger partial charge in [-0.05, 0) is 0 Å². The normalized spacial score (nSPS) is 12.6. The van der Waals surface area contributed by atoms with Gasteiger partial charge >= 0.3 is 12.5 Å². The number of nitrogens with zero attached hydrogens (tertiary/aromatic N) is 1. The second-order valence-corrected chi connectivity index (χ2v) is 3.06. The quantitative estimate of drug-likeness (QED) is 0.812. The molecule has 1 rings (SSSR count). The zero-order chi connectivity index (χ0) is 14.1. The zero-order valence-electron chi connectivity index (χ0n) is 8.43. The van der Waals surface area contributed by atoms with Crippen molar-refractivity contribution < 1.29 is 36.2 Å². The second kappa shape index (κ2) is 4.52. The molecule has 0 aliphatic rings. The first-order chi connectivity index (χ1) is 8.04. The van der Waals surface area contributed by atoms with Crippen LogP contribution in [-0.2, 0) is 12.7 Å². The van der Waals surface area contributed by atoms with Crippen molar-refractivity contribution in [1.82, 2.24) is 4.98 Å². The lowest BCUT2D eigenvalue weighted by Crippen LogP contribution is -2.19. The molecule has 1 heterocycles. The van der Waals surface area contributed by atoms with Crippen LogP contribution in [0.25, 0.3) is 0 Å². The highest BCUT2D eigenvalue weighted by Crippen LogP contribution is 2.41. The van der Waals surface area contributed by atoms with E-state index in [1.807, 2.05) is 0 Å². The van der Waals surface area contributed by atoms with Crippen LogP contribution >= 0.6 is 0 Å². The van der Waals surface area contributed by atoms with Gasteiger partial charge in [0.25, 0.3) is 0 Å². The number of aromatic hydroxyl groups is 1. The second-order valence-electron chi connectivity index (χ2n) is 3.06. The molecule has 0 bridgehead atoms. The number of alkyl halides is 6. The third-order valence-corrected chi connectivity index (χ3v) is 1.71. The van der Waals surface area contributed by atoms with Crippen LogP contribution in [0.3, 0.4) is 0 Å². The highest BCUT2D eigenvalue weighted by molar-refractivity contribution is 5.44. The minimum atomic E-state index is -5.24. The van der Waals surface area contributed by atoms with Crippen LogP contribution < -0.4 is 10.5 Å². The van der Waals surface area contributed by atoms with Crippen LogP contribution in [0, 0.1) is 0 Å². The van der Waals surface area contributed by atoms with E-state index in [1.54, 1.807) is 0 Å². The van der Waals surface area contributed by atoms with Gasteiger partial charge in [-0.25, -0.2) is 4.98 Å². The third kappa shape index (κ3) is 3.39. The maximum absolute atomic E-state index is 12.4. The summed E-state index contributed by atoms with van der Waals surface area (Å²) in [6.07, 6.45) is -10.4. The van der Waals surface area contributed by atoms with Gasteiger partial charge in [0.05, 0.1) is 5.69 Å². The van der Waals surface area contributed by atoms with Gasteiger partial charge < -0.3 is 15.6 Å². The van der Waals surface area contributed by atoms with Gasteiger partial charge in [-0.1, -0.05) is 0 Å². The fourth-order valence-electron chi connectivity index (χ4n) is 1.07. The number of nitrogens with two attached hydrogens (primary N) is 1. The molecule has 1 aromatic rings. The smallest absolute Gasteiger partial charge is 0.503 e. The number of pyridine rings is 1. The Balaban J connectivity index is 3.34. The Kier molecular flexibility index (Phi) is 3.60. The predicted molar refractivity (Wildman–Crippen MR) is 45.5 cm³/mol. The van der Waals surface area contributed by atoms with Gasteiger partial charge in [-0.15, -0.1) is 13.2 Å². The van der Waals surface area contributed by atoms with Crippen LogP contribution in [0.15, 0.2) is 6.07 Å². The number of halogens is 6. The first kappa shape index (κ1) is 14.4. The van der Waals surface area contributed by atoms with Crippen LogP contribution in [0.2, 0.25) is 0 Å². The van der Waals surface area contributed by atoms with E-state index in [2.05, 4.69) is 9.72 Å². The molecule has 10 heteroatoms. The van der Waals surface area contributed by atoms with Gasteiger partial charge in [0.1, 0.15) is 0 Å². The summed E-state index contributed by atoms with van der Waals surface area (Å²) in [6.45, 7) is -0.544. The molecule has 0 aliphatic heterocycles. The van der Waals surface area contributed by atoms with E-state index in [-0.39, 0.29) is 0 Å². The van der Waals surface area contributed by atoms with Crippen LogP contribution in [0.5, 0.6) is 11.5 Å². The number of hydrogen-bond acceptors (Lipinski definition) is 4. The van der Waals surface area contributed by atoms with Crippen LogP contribution in [0.4, 0.5) is 26.3 Å². The maximum atomic E-state index is 12.4. The summed E-state index contributed by atoms with van der Waals surface area (Å²) >= 11 is 0. The van der Waals surface area contributed by atoms with E-state index in [4.69, 9.17) is 10.8 Å². The lowest BCUT2D eigenvalue weighted by Gasteiger charge is -2.15. The van der Waals surface area contributed by atoms with Gasteiger partial charge in [0.15, 0.2) is 17.2 Å². The summed E-state index contributed by atoms with van der Waals surface area (Å²) in [4.78, 5) is 2.91. The molecule has 0 radical (unpaired) electrons. The molecule has 4 nitrogen and oxygen atoms in total. The summed E-state index contributed by atoms with van der Waals surface area (Å²) in [5, 5.41) is 9.06. The van der Waals surface area contributed by atoms with Gasteiger partial charge in [0, 0.05) is 12.6 Å². The number of aromatic nitrogens is 1. The van der Waals surface area contributed by atoms with Gasteiger partial charge in [0.2, 0.25) is 0 Å². The summed E-state index contributed by atoms with van der Waals surface area (Å²) in [5.74, 6) is -3.14. The average Bonchev–Trinajstić information content (AvgIpc) is 2.17. The van der Waals surface area contributed by atoms with Crippen LogP contribution in [0.1, 0.15) is 11.4 Å². The molecule has 0 amide bonds. The van der Waals surface area contributed by atoms with Crippen LogP contribution in [-0.4, -0.2) is 16.5 Å². The molecule has 1 aromatic heterocycles. The topological polar surface area (TPSA) is 68.4 Å². The fraction of sp³-hybridized carbons (Fsp3) is 0.375. The highest BCUT2D eigenvalue weighted by Gasteiger charge is 2.40. The molecule has 0 unspecified atom stereocenters. The number of hydrogen-bond donors (Lipinski definition) is 2. The van der Waals surface area contributed by atoms with Crippen molar-refractivity contribution in [3.05, 3.63) is 17.5 Å². The summed E-state index contributed by atoms with van der Waals surface area (Å²) in [5.41, 5.74) is 2.61. The van der Waals surface area contributed by atoms with Gasteiger partial charge in [-0.3, -0.25) is 0 Å².